The Bertz CT molecular complexity index is 348. The van der Waals surface area contributed by atoms with E-state index >= 15 is 0 Å². The molecular weight excluding hydrogens is 180 g/mol. The topological polar surface area (TPSA) is 50.3 Å². The van der Waals surface area contributed by atoms with Crippen LogP contribution in [0.4, 0.5) is 0 Å². The third-order valence-corrected chi connectivity index (χ3v) is 1.76. The molecule has 0 aliphatic heterocycles. The van der Waals surface area contributed by atoms with Gasteiger partial charge in [0.25, 0.3) is 5.91 Å². The predicted molar refractivity (Wildman–Crippen MR) is 52.0 cm³/mol. The highest BCUT2D eigenvalue weighted by molar-refractivity contribution is 5.93. The highest BCUT2D eigenvalue weighted by atomic mass is 16.2. The molecule has 74 valence electrons. The molecule has 0 N–H and O–H groups in total. The minimum absolute atomic E-state index is 0.0838. The first kappa shape index (κ1) is 10.4. The lowest BCUT2D eigenvalue weighted by Gasteiger charge is -2.10. The van der Waals surface area contributed by atoms with Gasteiger partial charge in [-0.05, 0) is 12.1 Å². The molecule has 0 fully saturated rings. The first-order chi connectivity index (χ1) is 6.65. The van der Waals surface area contributed by atoms with Crippen LogP contribution < -0.4 is 0 Å². The molecule has 14 heavy (non-hydrogen) atoms. The number of carbonyl (C=O) groups is 2. The van der Waals surface area contributed by atoms with Gasteiger partial charge in [0, 0.05) is 38.0 Å². The highest BCUT2D eigenvalue weighted by Crippen LogP contribution is 2.04. The molecule has 0 atom stereocenters. The zero-order valence-corrected chi connectivity index (χ0v) is 8.23. The van der Waals surface area contributed by atoms with Crippen LogP contribution in [0.1, 0.15) is 16.1 Å². The molecule has 1 aromatic rings. The lowest BCUT2D eigenvalue weighted by molar-refractivity contribution is -0.107. The summed E-state index contributed by atoms with van der Waals surface area (Å²) in [5, 5.41) is 0. The van der Waals surface area contributed by atoms with Crippen LogP contribution >= 0.6 is 0 Å². The maximum Gasteiger partial charge on any atom is 0.253 e. The monoisotopic (exact) mass is 192 g/mol. The van der Waals surface area contributed by atoms with E-state index in [2.05, 4.69) is 4.98 Å². The summed E-state index contributed by atoms with van der Waals surface area (Å²) in [6, 6.07) is 3.27. The Morgan fingerprint density at radius 3 is 2.86 bits per heavy atom. The molecule has 0 aromatic carbocycles. The number of nitrogens with zero attached hydrogens (tertiary/aromatic N) is 2. The number of amides is 1. The van der Waals surface area contributed by atoms with Crippen molar-refractivity contribution in [2.75, 3.05) is 14.1 Å². The maximum absolute atomic E-state index is 11.5. The zero-order valence-electron chi connectivity index (χ0n) is 8.23. The van der Waals surface area contributed by atoms with E-state index in [-0.39, 0.29) is 12.3 Å². The summed E-state index contributed by atoms with van der Waals surface area (Å²) in [5.41, 5.74) is 1.18. The van der Waals surface area contributed by atoms with Gasteiger partial charge >= 0.3 is 0 Å². The number of aromatic nitrogens is 1. The van der Waals surface area contributed by atoms with Gasteiger partial charge in [0.2, 0.25) is 0 Å². The van der Waals surface area contributed by atoms with Gasteiger partial charge in [0.15, 0.2) is 0 Å². The van der Waals surface area contributed by atoms with Crippen molar-refractivity contribution in [3.05, 3.63) is 29.6 Å². The Balaban J connectivity index is 2.93. The number of carbonyl (C=O) groups excluding carboxylic acids is 2. The summed E-state index contributed by atoms with van der Waals surface area (Å²) in [6.45, 7) is 0. The molecule has 0 spiro atoms. The van der Waals surface area contributed by atoms with Gasteiger partial charge in [0.1, 0.15) is 6.29 Å². The van der Waals surface area contributed by atoms with Crippen LogP contribution in [0.5, 0.6) is 0 Å². The minimum atomic E-state index is -0.0838. The second-order valence-corrected chi connectivity index (χ2v) is 3.11. The Hall–Kier alpha value is -1.71. The van der Waals surface area contributed by atoms with Crippen LogP contribution in [0, 0.1) is 0 Å². The van der Waals surface area contributed by atoms with E-state index in [0.29, 0.717) is 11.3 Å². The van der Waals surface area contributed by atoms with Crippen molar-refractivity contribution in [1.29, 1.82) is 0 Å². The summed E-state index contributed by atoms with van der Waals surface area (Å²) in [7, 11) is 3.37. The summed E-state index contributed by atoms with van der Waals surface area (Å²) in [5.74, 6) is -0.0838. The number of rotatable bonds is 3. The van der Waals surface area contributed by atoms with Crippen molar-refractivity contribution in [3.63, 3.8) is 0 Å². The minimum Gasteiger partial charge on any atom is -0.345 e. The maximum atomic E-state index is 11.5. The Morgan fingerprint density at radius 2 is 2.29 bits per heavy atom. The third kappa shape index (κ3) is 2.39. The fourth-order valence-corrected chi connectivity index (χ4v) is 1.07. The normalized spacial score (nSPS) is 9.57. The molecule has 4 nitrogen and oxygen atoms in total. The van der Waals surface area contributed by atoms with E-state index in [1.54, 1.807) is 26.2 Å². The molecule has 1 rings (SSSR count). The molecule has 0 bridgehead atoms. The molecule has 0 aliphatic carbocycles. The van der Waals surface area contributed by atoms with Gasteiger partial charge < -0.3 is 9.69 Å². The van der Waals surface area contributed by atoms with Gasteiger partial charge in [-0.1, -0.05) is 0 Å². The SMILES string of the molecule is CN(C)C(=O)c1ccnc(CC=O)c1. The first-order valence-corrected chi connectivity index (χ1v) is 4.25. The number of hydrogen-bond acceptors (Lipinski definition) is 3. The highest BCUT2D eigenvalue weighted by Gasteiger charge is 2.08. The smallest absolute Gasteiger partial charge is 0.253 e. The third-order valence-electron chi connectivity index (χ3n) is 1.76. The largest absolute Gasteiger partial charge is 0.345 e. The van der Waals surface area contributed by atoms with Crippen molar-refractivity contribution < 1.29 is 9.59 Å². The molecule has 0 saturated heterocycles. The van der Waals surface area contributed by atoms with Gasteiger partial charge in [-0.15, -0.1) is 0 Å². The van der Waals surface area contributed by atoms with E-state index < -0.39 is 0 Å². The van der Waals surface area contributed by atoms with Gasteiger partial charge in [-0.2, -0.15) is 0 Å². The fraction of sp³-hybridized carbons (Fsp3) is 0.300. The van der Waals surface area contributed by atoms with Crippen molar-refractivity contribution in [2.45, 2.75) is 6.42 Å². The van der Waals surface area contributed by atoms with Crippen molar-refractivity contribution >= 4 is 12.2 Å². The Morgan fingerprint density at radius 1 is 1.57 bits per heavy atom. The Labute approximate surface area is 82.6 Å². The summed E-state index contributed by atoms with van der Waals surface area (Å²) in [4.78, 5) is 27.2. The van der Waals surface area contributed by atoms with Gasteiger partial charge in [-0.3, -0.25) is 9.78 Å². The predicted octanol–water partition coefficient (Wildman–Crippen LogP) is 0.525. The number of pyridine rings is 1. The van der Waals surface area contributed by atoms with Gasteiger partial charge in [0.05, 0.1) is 0 Å². The average molecular weight is 192 g/mol. The van der Waals surface area contributed by atoms with E-state index in [1.165, 1.54) is 11.1 Å². The van der Waals surface area contributed by atoms with Crippen LogP contribution in [0.25, 0.3) is 0 Å². The molecular formula is C10H12N2O2. The Kier molecular flexibility index (Phi) is 3.34. The van der Waals surface area contributed by atoms with Gasteiger partial charge in [-0.25, -0.2) is 0 Å². The zero-order chi connectivity index (χ0) is 10.6. The van der Waals surface area contributed by atoms with Crippen LogP contribution in [0.15, 0.2) is 18.3 Å². The summed E-state index contributed by atoms with van der Waals surface area (Å²) >= 11 is 0. The van der Waals surface area contributed by atoms with Crippen LogP contribution in [0.2, 0.25) is 0 Å². The molecule has 0 saturated carbocycles. The average Bonchev–Trinajstić information content (AvgIpc) is 2.17. The second-order valence-electron chi connectivity index (χ2n) is 3.11. The molecule has 1 aromatic heterocycles. The standard InChI is InChI=1S/C10H12N2O2/c1-12(2)10(14)8-3-5-11-9(7-8)4-6-13/h3,5-7H,4H2,1-2H3. The van der Waals surface area contributed by atoms with Crippen LogP contribution in [0.3, 0.4) is 0 Å². The molecule has 0 unspecified atom stereocenters. The van der Waals surface area contributed by atoms with Crippen LogP contribution in [-0.2, 0) is 11.2 Å². The molecule has 1 heterocycles. The summed E-state index contributed by atoms with van der Waals surface area (Å²) in [6.07, 6.45) is 2.55. The quantitative estimate of drug-likeness (QED) is 0.656. The van der Waals surface area contributed by atoms with E-state index in [1.807, 2.05) is 0 Å². The van der Waals surface area contributed by atoms with Crippen LogP contribution in [-0.4, -0.2) is 36.2 Å². The number of hydrogen-bond donors (Lipinski definition) is 0. The lowest BCUT2D eigenvalue weighted by Crippen LogP contribution is -2.21. The molecule has 0 radical (unpaired) electrons. The fourth-order valence-electron chi connectivity index (χ4n) is 1.07. The number of aldehydes is 1. The van der Waals surface area contributed by atoms with Crippen molar-refractivity contribution in [3.8, 4) is 0 Å². The molecule has 4 heteroatoms. The summed E-state index contributed by atoms with van der Waals surface area (Å²) < 4.78 is 0. The van der Waals surface area contributed by atoms with E-state index in [4.69, 9.17) is 0 Å². The van der Waals surface area contributed by atoms with E-state index in [9.17, 15) is 9.59 Å². The van der Waals surface area contributed by atoms with E-state index in [0.717, 1.165) is 6.29 Å². The van der Waals surface area contributed by atoms with Crippen molar-refractivity contribution in [2.24, 2.45) is 0 Å². The first-order valence-electron chi connectivity index (χ1n) is 4.25. The molecule has 1 amide bonds. The van der Waals surface area contributed by atoms with Crippen molar-refractivity contribution in [1.82, 2.24) is 9.88 Å². The molecule has 0 aliphatic rings. The second kappa shape index (κ2) is 4.50. The lowest BCUT2D eigenvalue weighted by atomic mass is 10.2.